The predicted octanol–water partition coefficient (Wildman–Crippen LogP) is 5.00. The van der Waals surface area contributed by atoms with Crippen LogP contribution in [0.15, 0.2) is 70.6 Å². The first-order valence-corrected chi connectivity index (χ1v) is 10.1. The van der Waals surface area contributed by atoms with Crippen LogP contribution in [-0.2, 0) is 19.4 Å². The molecule has 0 aliphatic carbocycles. The van der Waals surface area contributed by atoms with E-state index in [0.29, 0.717) is 0 Å². The molecule has 4 nitrogen and oxygen atoms in total. The van der Waals surface area contributed by atoms with E-state index in [4.69, 9.17) is 0 Å². The van der Waals surface area contributed by atoms with Crippen LogP contribution in [0, 0.1) is 0 Å². The molecule has 3 heterocycles. The summed E-state index contributed by atoms with van der Waals surface area (Å²) in [6.07, 6.45) is 3.53. The van der Waals surface area contributed by atoms with Crippen molar-refractivity contribution in [2.75, 3.05) is 0 Å². The van der Waals surface area contributed by atoms with Gasteiger partial charge in [0.2, 0.25) is 0 Å². The Labute approximate surface area is 164 Å². The molecule has 0 saturated heterocycles. The van der Waals surface area contributed by atoms with Crippen LogP contribution < -0.4 is 0 Å². The summed E-state index contributed by atoms with van der Waals surface area (Å²) in [6, 6.07) is 18.4. The lowest BCUT2D eigenvalue weighted by molar-refractivity contribution is 0.722. The number of aryl methyl sites for hydroxylation is 2. The van der Waals surface area contributed by atoms with Crippen LogP contribution in [0.4, 0.5) is 0 Å². The van der Waals surface area contributed by atoms with E-state index < -0.39 is 0 Å². The molecule has 3 aromatic heterocycles. The molecular formula is C20H17BrN4S. The van der Waals surface area contributed by atoms with Crippen molar-refractivity contribution < 1.29 is 0 Å². The molecule has 26 heavy (non-hydrogen) atoms. The van der Waals surface area contributed by atoms with Crippen LogP contribution in [0.3, 0.4) is 0 Å². The second-order valence-electron chi connectivity index (χ2n) is 5.91. The third kappa shape index (κ3) is 3.76. The molecule has 0 aliphatic heterocycles. The number of hydrogen-bond acceptors (Lipinski definition) is 4. The smallest absolute Gasteiger partial charge is 0.182 e. The zero-order valence-electron chi connectivity index (χ0n) is 14.0. The molecule has 0 bridgehead atoms. The van der Waals surface area contributed by atoms with Gasteiger partial charge in [-0.3, -0.25) is 4.98 Å². The molecule has 0 spiro atoms. The molecule has 0 aliphatic rings. The summed E-state index contributed by atoms with van der Waals surface area (Å²) in [6.45, 7) is 0.766. The summed E-state index contributed by atoms with van der Waals surface area (Å²) in [5.74, 6) is 1.80. The lowest BCUT2D eigenvalue weighted by Crippen LogP contribution is -2.08. The Morgan fingerprint density at radius 1 is 0.923 bits per heavy atom. The average Bonchev–Trinajstić information content (AvgIpc) is 3.32. The second-order valence-corrected chi connectivity index (χ2v) is 7.80. The maximum Gasteiger partial charge on any atom is 0.182 e. The molecule has 130 valence electrons. The van der Waals surface area contributed by atoms with E-state index in [1.165, 1.54) is 10.4 Å². The number of hydrogen-bond donors (Lipinski definition) is 0. The normalized spacial score (nSPS) is 11.0. The molecule has 0 amide bonds. The van der Waals surface area contributed by atoms with Crippen LogP contribution in [0.1, 0.15) is 16.3 Å². The maximum atomic E-state index is 4.48. The molecule has 0 atom stereocenters. The highest BCUT2D eigenvalue weighted by molar-refractivity contribution is 9.10. The van der Waals surface area contributed by atoms with E-state index in [9.17, 15) is 0 Å². The molecule has 6 heteroatoms. The number of nitrogens with zero attached hydrogens (tertiary/aromatic N) is 4. The lowest BCUT2D eigenvalue weighted by atomic mass is 10.1. The van der Waals surface area contributed by atoms with E-state index in [0.717, 1.165) is 41.2 Å². The summed E-state index contributed by atoms with van der Waals surface area (Å²) in [5, 5.41) is 11.0. The van der Waals surface area contributed by atoms with Gasteiger partial charge < -0.3 is 4.57 Å². The van der Waals surface area contributed by atoms with Crippen LogP contribution in [0.2, 0.25) is 0 Å². The SMILES string of the molecule is Brc1ccccc1CCc1nnc(-c2ccccn2)n1Cc1cccs1. The Morgan fingerprint density at radius 3 is 2.58 bits per heavy atom. The first-order valence-electron chi connectivity index (χ1n) is 8.40. The number of pyridine rings is 1. The molecule has 4 aromatic rings. The fourth-order valence-corrected chi connectivity index (χ4v) is 4.05. The Bertz CT molecular complexity index is 980. The molecule has 0 fully saturated rings. The van der Waals surface area contributed by atoms with Gasteiger partial charge in [0.1, 0.15) is 11.5 Å². The van der Waals surface area contributed by atoms with Gasteiger partial charge in [0.25, 0.3) is 0 Å². The number of halogens is 1. The van der Waals surface area contributed by atoms with Crippen molar-refractivity contribution in [1.82, 2.24) is 19.7 Å². The maximum absolute atomic E-state index is 4.48. The third-order valence-corrected chi connectivity index (χ3v) is 5.83. The van der Waals surface area contributed by atoms with Gasteiger partial charge in [-0.05, 0) is 41.6 Å². The van der Waals surface area contributed by atoms with Crippen LogP contribution >= 0.6 is 27.3 Å². The summed E-state index contributed by atoms with van der Waals surface area (Å²) in [7, 11) is 0. The highest BCUT2D eigenvalue weighted by Crippen LogP contribution is 2.22. The van der Waals surface area contributed by atoms with Gasteiger partial charge >= 0.3 is 0 Å². The summed E-state index contributed by atoms with van der Waals surface area (Å²) in [4.78, 5) is 5.74. The van der Waals surface area contributed by atoms with Crippen molar-refractivity contribution in [3.8, 4) is 11.5 Å². The van der Waals surface area contributed by atoms with Crippen molar-refractivity contribution in [3.63, 3.8) is 0 Å². The van der Waals surface area contributed by atoms with Crippen molar-refractivity contribution in [2.45, 2.75) is 19.4 Å². The standard InChI is InChI=1S/C20H17BrN4S/c21-17-8-2-1-6-15(17)10-11-19-23-24-20(18-9-3-4-12-22-18)25(19)14-16-7-5-13-26-16/h1-9,12-13H,10-11,14H2. The van der Waals surface area contributed by atoms with Crippen molar-refractivity contribution in [3.05, 3.63) is 86.9 Å². The molecule has 4 rings (SSSR count). The van der Waals surface area contributed by atoms with Crippen LogP contribution in [-0.4, -0.2) is 19.7 Å². The van der Waals surface area contributed by atoms with Gasteiger partial charge in [0, 0.05) is 22.0 Å². The monoisotopic (exact) mass is 424 g/mol. The third-order valence-electron chi connectivity index (χ3n) is 4.19. The fraction of sp³-hybridized carbons (Fsp3) is 0.150. The minimum atomic E-state index is 0.766. The second kappa shape index (κ2) is 7.93. The molecule has 1 aromatic carbocycles. The van der Waals surface area contributed by atoms with Crippen LogP contribution in [0.25, 0.3) is 11.5 Å². The topological polar surface area (TPSA) is 43.6 Å². The van der Waals surface area contributed by atoms with Gasteiger partial charge in [-0.1, -0.05) is 46.3 Å². The largest absolute Gasteiger partial charge is 0.304 e. The van der Waals surface area contributed by atoms with E-state index in [1.54, 1.807) is 17.5 Å². The minimum Gasteiger partial charge on any atom is -0.304 e. The number of aromatic nitrogens is 4. The predicted molar refractivity (Wildman–Crippen MR) is 108 cm³/mol. The van der Waals surface area contributed by atoms with E-state index in [2.05, 4.69) is 71.4 Å². The zero-order chi connectivity index (χ0) is 17.8. The summed E-state index contributed by atoms with van der Waals surface area (Å²) < 4.78 is 3.32. The van der Waals surface area contributed by atoms with Gasteiger partial charge in [0.15, 0.2) is 5.82 Å². The van der Waals surface area contributed by atoms with Gasteiger partial charge in [-0.2, -0.15) is 0 Å². The van der Waals surface area contributed by atoms with Crippen molar-refractivity contribution in [2.24, 2.45) is 0 Å². The Hall–Kier alpha value is -2.31. The molecule has 0 saturated carbocycles. The minimum absolute atomic E-state index is 0.766. The quantitative estimate of drug-likeness (QED) is 0.437. The lowest BCUT2D eigenvalue weighted by Gasteiger charge is -2.10. The van der Waals surface area contributed by atoms with E-state index >= 15 is 0 Å². The van der Waals surface area contributed by atoms with Crippen molar-refractivity contribution >= 4 is 27.3 Å². The van der Waals surface area contributed by atoms with Gasteiger partial charge in [-0.25, -0.2) is 0 Å². The first kappa shape index (κ1) is 17.1. The Balaban J connectivity index is 1.65. The Morgan fingerprint density at radius 2 is 1.81 bits per heavy atom. The van der Waals surface area contributed by atoms with E-state index in [-0.39, 0.29) is 0 Å². The molecule has 0 unspecified atom stereocenters. The van der Waals surface area contributed by atoms with Crippen molar-refractivity contribution in [1.29, 1.82) is 0 Å². The number of rotatable bonds is 6. The number of benzene rings is 1. The molecule has 0 N–H and O–H groups in total. The van der Waals surface area contributed by atoms with Gasteiger partial charge in [-0.15, -0.1) is 21.5 Å². The van der Waals surface area contributed by atoms with Crippen LogP contribution in [0.5, 0.6) is 0 Å². The average molecular weight is 425 g/mol. The first-order chi connectivity index (χ1) is 12.8. The molecule has 0 radical (unpaired) electrons. The zero-order valence-corrected chi connectivity index (χ0v) is 16.4. The molecular weight excluding hydrogens is 408 g/mol. The Kier molecular flexibility index (Phi) is 5.22. The number of thiophene rings is 1. The van der Waals surface area contributed by atoms with Gasteiger partial charge in [0.05, 0.1) is 6.54 Å². The van der Waals surface area contributed by atoms with E-state index in [1.807, 2.05) is 24.3 Å². The fourth-order valence-electron chi connectivity index (χ4n) is 2.88. The summed E-state index contributed by atoms with van der Waals surface area (Å²) >= 11 is 5.37. The summed E-state index contributed by atoms with van der Waals surface area (Å²) in [5.41, 5.74) is 2.13. The highest BCUT2D eigenvalue weighted by atomic mass is 79.9. The highest BCUT2D eigenvalue weighted by Gasteiger charge is 2.16.